The van der Waals surface area contributed by atoms with Crippen molar-refractivity contribution < 1.29 is 18.7 Å². The maximum atomic E-state index is 12.9. The van der Waals surface area contributed by atoms with Crippen molar-refractivity contribution in [2.45, 2.75) is 20.4 Å². The third-order valence-electron chi connectivity index (χ3n) is 3.76. The fraction of sp³-hybridized carbons (Fsp3) is 0.350. The average molecular weight is 345 g/mol. The minimum Gasteiger partial charge on any atom is -0.494 e. The highest BCUT2D eigenvalue weighted by Crippen LogP contribution is 2.22. The minimum atomic E-state index is -0.279. The molecule has 0 spiro atoms. The molecule has 0 saturated carbocycles. The van der Waals surface area contributed by atoms with E-state index in [2.05, 4.69) is 4.90 Å². The van der Waals surface area contributed by atoms with Crippen LogP contribution in [0.25, 0.3) is 0 Å². The quantitative estimate of drug-likeness (QED) is 0.645. The second-order valence-electron chi connectivity index (χ2n) is 5.85. The molecule has 0 N–H and O–H groups in total. The summed E-state index contributed by atoms with van der Waals surface area (Å²) in [7, 11) is 1.98. The fourth-order valence-corrected chi connectivity index (χ4v) is 2.44. The molecule has 0 saturated heterocycles. The van der Waals surface area contributed by atoms with Crippen LogP contribution < -0.4 is 9.47 Å². The van der Waals surface area contributed by atoms with E-state index < -0.39 is 0 Å². The van der Waals surface area contributed by atoms with Gasteiger partial charge in [-0.15, -0.1) is 0 Å². The molecular weight excluding hydrogens is 321 g/mol. The monoisotopic (exact) mass is 345 g/mol. The predicted molar refractivity (Wildman–Crippen MR) is 95.8 cm³/mol. The van der Waals surface area contributed by atoms with Crippen LogP contribution in [0.4, 0.5) is 4.39 Å². The molecule has 0 unspecified atom stereocenters. The van der Waals surface area contributed by atoms with Gasteiger partial charge in [-0.2, -0.15) is 0 Å². The summed E-state index contributed by atoms with van der Waals surface area (Å²) in [4.78, 5) is 13.7. The van der Waals surface area contributed by atoms with Crippen molar-refractivity contribution in [3.63, 3.8) is 0 Å². The molecule has 2 aromatic rings. The summed E-state index contributed by atoms with van der Waals surface area (Å²) >= 11 is 0. The third kappa shape index (κ3) is 5.87. The Hall–Kier alpha value is -2.40. The first kappa shape index (κ1) is 18.9. The van der Waals surface area contributed by atoms with Crippen LogP contribution >= 0.6 is 0 Å². The second-order valence-corrected chi connectivity index (χ2v) is 5.85. The van der Waals surface area contributed by atoms with Crippen molar-refractivity contribution in [3.05, 3.63) is 59.4 Å². The van der Waals surface area contributed by atoms with Crippen LogP contribution in [-0.2, 0) is 6.54 Å². The maximum Gasteiger partial charge on any atom is 0.159 e. The Balaban J connectivity index is 1.94. The standard InChI is InChI=1S/C20H24FNO3/c1-4-24-20-10-5-16(15(2)23)13-17(20)14-22(3)11-12-25-19-8-6-18(21)7-9-19/h5-10,13H,4,11-12,14H2,1-3H3. The van der Waals surface area contributed by atoms with Gasteiger partial charge in [-0.25, -0.2) is 4.39 Å². The van der Waals surface area contributed by atoms with E-state index >= 15 is 0 Å². The van der Waals surface area contributed by atoms with Gasteiger partial charge in [-0.1, -0.05) is 0 Å². The van der Waals surface area contributed by atoms with Crippen LogP contribution in [0.5, 0.6) is 11.5 Å². The summed E-state index contributed by atoms with van der Waals surface area (Å²) in [5, 5.41) is 0. The van der Waals surface area contributed by atoms with Crippen molar-refractivity contribution in [1.29, 1.82) is 0 Å². The van der Waals surface area contributed by atoms with Gasteiger partial charge in [0.05, 0.1) is 6.61 Å². The number of halogens is 1. The first-order valence-electron chi connectivity index (χ1n) is 8.33. The van der Waals surface area contributed by atoms with E-state index in [1.807, 2.05) is 26.1 Å². The largest absolute Gasteiger partial charge is 0.494 e. The Bertz CT molecular complexity index is 701. The topological polar surface area (TPSA) is 38.8 Å². The van der Waals surface area contributed by atoms with Gasteiger partial charge in [-0.3, -0.25) is 9.69 Å². The van der Waals surface area contributed by atoms with E-state index in [1.165, 1.54) is 12.1 Å². The van der Waals surface area contributed by atoms with E-state index in [1.54, 1.807) is 25.1 Å². The lowest BCUT2D eigenvalue weighted by Crippen LogP contribution is -2.24. The zero-order valence-electron chi connectivity index (χ0n) is 14.9. The summed E-state index contributed by atoms with van der Waals surface area (Å²) in [5.74, 6) is 1.19. The number of ether oxygens (including phenoxy) is 2. The number of hydrogen-bond acceptors (Lipinski definition) is 4. The number of rotatable bonds is 9. The van der Waals surface area contributed by atoms with Crippen LogP contribution in [0, 0.1) is 5.82 Å². The van der Waals surface area contributed by atoms with Gasteiger partial charge in [0.15, 0.2) is 5.78 Å². The lowest BCUT2D eigenvalue weighted by molar-refractivity contribution is 0.101. The number of nitrogens with zero attached hydrogens (tertiary/aromatic N) is 1. The highest BCUT2D eigenvalue weighted by atomic mass is 19.1. The van der Waals surface area contributed by atoms with E-state index in [0.29, 0.717) is 37.6 Å². The lowest BCUT2D eigenvalue weighted by Gasteiger charge is -2.19. The molecule has 0 aliphatic carbocycles. The van der Waals surface area contributed by atoms with Crippen LogP contribution in [0.3, 0.4) is 0 Å². The summed E-state index contributed by atoms with van der Waals surface area (Å²) in [5.41, 5.74) is 1.65. The Kier molecular flexibility index (Phi) is 6.95. The molecule has 4 nitrogen and oxygen atoms in total. The van der Waals surface area contributed by atoms with Crippen LogP contribution in [0.1, 0.15) is 29.8 Å². The molecule has 5 heteroatoms. The number of hydrogen-bond donors (Lipinski definition) is 0. The van der Waals surface area contributed by atoms with Crippen LogP contribution in [-0.4, -0.2) is 37.5 Å². The first-order valence-corrected chi connectivity index (χ1v) is 8.33. The van der Waals surface area contributed by atoms with Gasteiger partial charge < -0.3 is 9.47 Å². The van der Waals surface area contributed by atoms with Gasteiger partial charge in [0, 0.05) is 24.2 Å². The summed E-state index contributed by atoms with van der Waals surface area (Å²) < 4.78 is 24.1. The average Bonchev–Trinajstić information content (AvgIpc) is 2.58. The normalized spacial score (nSPS) is 10.8. The Labute approximate surface area is 148 Å². The Morgan fingerprint density at radius 1 is 1.12 bits per heavy atom. The molecular formula is C20H24FNO3. The highest BCUT2D eigenvalue weighted by Gasteiger charge is 2.10. The first-order chi connectivity index (χ1) is 12.0. The smallest absolute Gasteiger partial charge is 0.159 e. The highest BCUT2D eigenvalue weighted by molar-refractivity contribution is 5.94. The van der Waals surface area contributed by atoms with Crippen molar-refractivity contribution in [2.24, 2.45) is 0 Å². The van der Waals surface area contributed by atoms with E-state index in [9.17, 15) is 9.18 Å². The molecule has 134 valence electrons. The molecule has 0 heterocycles. The van der Waals surface area contributed by atoms with Gasteiger partial charge in [0.1, 0.15) is 23.9 Å². The second kappa shape index (κ2) is 9.18. The van der Waals surface area contributed by atoms with E-state index in [-0.39, 0.29) is 11.6 Å². The Morgan fingerprint density at radius 2 is 1.84 bits per heavy atom. The van der Waals surface area contributed by atoms with Gasteiger partial charge >= 0.3 is 0 Å². The predicted octanol–water partition coefficient (Wildman–Crippen LogP) is 3.94. The SMILES string of the molecule is CCOc1ccc(C(C)=O)cc1CN(C)CCOc1ccc(F)cc1. The molecule has 2 aromatic carbocycles. The van der Waals surface area contributed by atoms with Gasteiger partial charge in [0.2, 0.25) is 0 Å². The molecule has 0 bridgehead atoms. The number of benzene rings is 2. The van der Waals surface area contributed by atoms with Crippen molar-refractivity contribution >= 4 is 5.78 Å². The number of carbonyl (C=O) groups is 1. The number of Topliss-reactive ketones (excluding diaryl/α,β-unsaturated/α-hetero) is 1. The third-order valence-corrected chi connectivity index (χ3v) is 3.76. The Morgan fingerprint density at radius 3 is 2.48 bits per heavy atom. The molecule has 0 radical (unpaired) electrons. The number of likely N-dealkylation sites (N-methyl/N-ethyl adjacent to an activating group) is 1. The maximum absolute atomic E-state index is 12.9. The fourth-order valence-electron chi connectivity index (χ4n) is 2.44. The van der Waals surface area contributed by atoms with Crippen molar-refractivity contribution in [3.8, 4) is 11.5 Å². The van der Waals surface area contributed by atoms with Crippen LogP contribution in [0.15, 0.2) is 42.5 Å². The van der Waals surface area contributed by atoms with Crippen molar-refractivity contribution in [1.82, 2.24) is 4.90 Å². The molecule has 2 rings (SSSR count). The minimum absolute atomic E-state index is 0.0339. The molecule has 0 aliphatic heterocycles. The van der Waals surface area contributed by atoms with Crippen molar-refractivity contribution in [2.75, 3.05) is 26.8 Å². The molecule has 0 aromatic heterocycles. The van der Waals surface area contributed by atoms with E-state index in [0.717, 1.165) is 11.3 Å². The summed E-state index contributed by atoms with van der Waals surface area (Å²) in [6.07, 6.45) is 0. The zero-order chi connectivity index (χ0) is 18.2. The zero-order valence-corrected chi connectivity index (χ0v) is 14.9. The molecule has 0 atom stereocenters. The number of ketones is 1. The van der Waals surface area contributed by atoms with E-state index in [4.69, 9.17) is 9.47 Å². The summed E-state index contributed by atoms with van der Waals surface area (Å²) in [6, 6.07) is 11.5. The molecule has 0 fully saturated rings. The van der Waals surface area contributed by atoms with Crippen LogP contribution in [0.2, 0.25) is 0 Å². The molecule has 0 aliphatic rings. The number of carbonyl (C=O) groups excluding carboxylic acids is 1. The molecule has 0 amide bonds. The summed E-state index contributed by atoms with van der Waals surface area (Å²) in [6.45, 7) is 5.88. The molecule has 25 heavy (non-hydrogen) atoms. The van der Waals surface area contributed by atoms with Gasteiger partial charge in [-0.05, 0) is 63.4 Å². The lowest BCUT2D eigenvalue weighted by atomic mass is 10.1. The van der Waals surface area contributed by atoms with Gasteiger partial charge in [0.25, 0.3) is 0 Å².